The highest BCUT2D eigenvalue weighted by Gasteiger charge is 2.13. The SMILES string of the molecule is Nc1c(N)c(N)c(/C=C/O)c(N)c1N. The van der Waals surface area contributed by atoms with Gasteiger partial charge in [0.2, 0.25) is 0 Å². The summed E-state index contributed by atoms with van der Waals surface area (Å²) in [4.78, 5) is 0. The zero-order valence-electron chi connectivity index (χ0n) is 7.49. The number of hydrogen-bond acceptors (Lipinski definition) is 6. The van der Waals surface area contributed by atoms with Crippen LogP contribution in [0.5, 0.6) is 0 Å². The minimum Gasteiger partial charge on any atom is -0.516 e. The Balaban J connectivity index is 3.59. The summed E-state index contributed by atoms with van der Waals surface area (Å²) in [6.07, 6.45) is 2.11. The van der Waals surface area contributed by atoms with Crippen molar-refractivity contribution in [3.63, 3.8) is 0 Å². The Hall–Kier alpha value is -2.24. The van der Waals surface area contributed by atoms with E-state index in [2.05, 4.69) is 0 Å². The molecule has 0 saturated heterocycles. The summed E-state index contributed by atoms with van der Waals surface area (Å²) in [6, 6.07) is 0. The topological polar surface area (TPSA) is 150 Å². The van der Waals surface area contributed by atoms with Crippen LogP contribution in [0.3, 0.4) is 0 Å². The maximum Gasteiger partial charge on any atom is 0.0824 e. The van der Waals surface area contributed by atoms with E-state index >= 15 is 0 Å². The largest absolute Gasteiger partial charge is 0.516 e. The Morgan fingerprint density at radius 1 is 0.714 bits per heavy atom. The van der Waals surface area contributed by atoms with Gasteiger partial charge in [-0.25, -0.2) is 0 Å². The second-order valence-corrected chi connectivity index (χ2v) is 2.80. The summed E-state index contributed by atoms with van der Waals surface area (Å²) in [5.41, 5.74) is 29.3. The second kappa shape index (κ2) is 3.25. The van der Waals surface area contributed by atoms with E-state index in [1.54, 1.807) is 0 Å². The molecule has 0 aliphatic rings. The number of hydrogen-bond donors (Lipinski definition) is 6. The van der Waals surface area contributed by atoms with Gasteiger partial charge in [-0.15, -0.1) is 0 Å². The normalized spacial score (nSPS) is 10.9. The highest BCUT2D eigenvalue weighted by atomic mass is 16.2. The average molecular weight is 195 g/mol. The van der Waals surface area contributed by atoms with E-state index in [1.165, 1.54) is 6.08 Å². The van der Waals surface area contributed by atoms with Crippen molar-refractivity contribution in [2.75, 3.05) is 28.7 Å². The molecule has 14 heavy (non-hydrogen) atoms. The highest BCUT2D eigenvalue weighted by molar-refractivity contribution is 5.99. The van der Waals surface area contributed by atoms with Crippen molar-refractivity contribution in [3.8, 4) is 0 Å². The molecule has 0 saturated carbocycles. The van der Waals surface area contributed by atoms with Gasteiger partial charge in [-0.05, 0) is 6.08 Å². The molecular formula is C8H13N5O. The lowest BCUT2D eigenvalue weighted by Crippen LogP contribution is -2.09. The zero-order chi connectivity index (χ0) is 10.9. The molecule has 0 aliphatic heterocycles. The number of nitrogen functional groups attached to an aromatic ring is 5. The number of benzene rings is 1. The molecule has 6 nitrogen and oxygen atoms in total. The van der Waals surface area contributed by atoms with E-state index in [-0.39, 0.29) is 28.4 Å². The average Bonchev–Trinajstić information content (AvgIpc) is 2.19. The molecule has 0 radical (unpaired) electrons. The first kappa shape index (κ1) is 9.85. The summed E-state index contributed by atoms with van der Waals surface area (Å²) in [5.74, 6) is 0. The van der Waals surface area contributed by atoms with Crippen LogP contribution < -0.4 is 28.7 Å². The van der Waals surface area contributed by atoms with Crippen molar-refractivity contribution in [2.24, 2.45) is 0 Å². The molecule has 0 atom stereocenters. The number of rotatable bonds is 1. The first-order valence-electron chi connectivity index (χ1n) is 3.82. The predicted octanol–water partition coefficient (Wildman–Crippen LogP) is 0.126. The Kier molecular flexibility index (Phi) is 2.29. The Labute approximate surface area is 81.0 Å². The molecule has 0 aromatic heterocycles. The van der Waals surface area contributed by atoms with Gasteiger partial charge in [0.05, 0.1) is 34.7 Å². The predicted molar refractivity (Wildman–Crippen MR) is 60.2 cm³/mol. The molecule has 0 amide bonds. The summed E-state index contributed by atoms with van der Waals surface area (Å²) in [5, 5.41) is 8.62. The minimum absolute atomic E-state index is 0.162. The van der Waals surface area contributed by atoms with Crippen molar-refractivity contribution >= 4 is 34.5 Å². The molecule has 0 spiro atoms. The number of aliphatic hydroxyl groups excluding tert-OH is 1. The maximum atomic E-state index is 8.62. The summed E-state index contributed by atoms with van der Waals surface area (Å²) in [7, 11) is 0. The van der Waals surface area contributed by atoms with Crippen LogP contribution in [0.2, 0.25) is 0 Å². The van der Waals surface area contributed by atoms with Gasteiger partial charge in [0.25, 0.3) is 0 Å². The first-order valence-corrected chi connectivity index (χ1v) is 3.82. The summed E-state index contributed by atoms with van der Waals surface area (Å²) >= 11 is 0. The van der Waals surface area contributed by atoms with E-state index in [4.69, 9.17) is 33.8 Å². The van der Waals surface area contributed by atoms with Crippen molar-refractivity contribution in [2.45, 2.75) is 0 Å². The van der Waals surface area contributed by atoms with Crippen LogP contribution in [0.25, 0.3) is 6.08 Å². The molecule has 1 aromatic carbocycles. The van der Waals surface area contributed by atoms with Gasteiger partial charge in [0.15, 0.2) is 0 Å². The van der Waals surface area contributed by atoms with Crippen molar-refractivity contribution in [1.82, 2.24) is 0 Å². The fraction of sp³-hybridized carbons (Fsp3) is 0. The lowest BCUT2D eigenvalue weighted by atomic mass is 10.1. The van der Waals surface area contributed by atoms with Crippen molar-refractivity contribution in [3.05, 3.63) is 11.8 Å². The van der Waals surface area contributed by atoms with Gasteiger partial charge >= 0.3 is 0 Å². The van der Waals surface area contributed by atoms with Gasteiger partial charge in [-0.1, -0.05) is 0 Å². The Morgan fingerprint density at radius 3 is 1.43 bits per heavy atom. The molecule has 1 aromatic rings. The van der Waals surface area contributed by atoms with Crippen LogP contribution >= 0.6 is 0 Å². The first-order chi connectivity index (χ1) is 6.50. The standard InChI is InChI=1S/C8H13N5O/c9-4-3(1-2-14)5(10)7(12)8(13)6(4)11/h1-2,14H,9-13H2/b2-1+. The van der Waals surface area contributed by atoms with Gasteiger partial charge in [0, 0.05) is 5.56 Å². The molecule has 0 fully saturated rings. The fourth-order valence-electron chi connectivity index (χ4n) is 1.12. The molecule has 0 heterocycles. The van der Waals surface area contributed by atoms with Crippen molar-refractivity contribution < 1.29 is 5.11 Å². The molecule has 76 valence electrons. The Morgan fingerprint density at radius 2 is 1.07 bits per heavy atom. The van der Waals surface area contributed by atoms with E-state index in [1.807, 2.05) is 0 Å². The third kappa shape index (κ3) is 1.22. The third-order valence-electron chi connectivity index (χ3n) is 1.98. The maximum absolute atomic E-state index is 8.62. The van der Waals surface area contributed by atoms with Gasteiger partial charge in [0.1, 0.15) is 0 Å². The molecule has 0 unspecified atom stereocenters. The van der Waals surface area contributed by atoms with Crippen LogP contribution in [0.15, 0.2) is 6.26 Å². The third-order valence-corrected chi connectivity index (χ3v) is 1.98. The quantitative estimate of drug-likeness (QED) is 0.277. The molecule has 6 heteroatoms. The van der Waals surface area contributed by atoms with Crippen molar-refractivity contribution in [1.29, 1.82) is 0 Å². The minimum atomic E-state index is 0.162. The van der Waals surface area contributed by atoms with Crippen LogP contribution in [-0.4, -0.2) is 5.11 Å². The van der Waals surface area contributed by atoms with E-state index in [9.17, 15) is 0 Å². The monoisotopic (exact) mass is 195 g/mol. The number of anilines is 5. The molecule has 1 rings (SSSR count). The smallest absolute Gasteiger partial charge is 0.0824 e. The van der Waals surface area contributed by atoms with Crippen LogP contribution in [0.1, 0.15) is 5.56 Å². The fourth-order valence-corrected chi connectivity index (χ4v) is 1.12. The van der Waals surface area contributed by atoms with Crippen LogP contribution in [-0.2, 0) is 0 Å². The molecule has 11 N–H and O–H groups in total. The van der Waals surface area contributed by atoms with Gasteiger partial charge in [-0.2, -0.15) is 0 Å². The van der Waals surface area contributed by atoms with Gasteiger partial charge < -0.3 is 33.8 Å². The van der Waals surface area contributed by atoms with Gasteiger partial charge in [-0.3, -0.25) is 0 Å². The number of nitrogens with two attached hydrogens (primary N) is 5. The van der Waals surface area contributed by atoms with E-state index in [0.29, 0.717) is 5.56 Å². The number of aliphatic hydroxyl groups is 1. The molecule has 0 aliphatic carbocycles. The summed E-state index contributed by atoms with van der Waals surface area (Å²) < 4.78 is 0. The zero-order valence-corrected chi connectivity index (χ0v) is 7.49. The van der Waals surface area contributed by atoms with E-state index in [0.717, 1.165) is 6.26 Å². The molecular weight excluding hydrogens is 182 g/mol. The lowest BCUT2D eigenvalue weighted by molar-refractivity contribution is 0.478. The van der Waals surface area contributed by atoms with E-state index < -0.39 is 0 Å². The van der Waals surface area contributed by atoms with Crippen LogP contribution in [0, 0.1) is 0 Å². The summed E-state index contributed by atoms with van der Waals surface area (Å²) in [6.45, 7) is 0. The Bertz CT molecular complexity index is 370. The molecule has 0 bridgehead atoms. The van der Waals surface area contributed by atoms with Crippen LogP contribution in [0.4, 0.5) is 28.4 Å². The highest BCUT2D eigenvalue weighted by Crippen LogP contribution is 2.38. The second-order valence-electron chi connectivity index (χ2n) is 2.80. The lowest BCUT2D eigenvalue weighted by Gasteiger charge is -2.14.